The summed E-state index contributed by atoms with van der Waals surface area (Å²) in [6.07, 6.45) is 3.91. The number of pyridine rings is 1. The first-order valence-electron chi connectivity index (χ1n) is 6.79. The minimum atomic E-state index is 0.0274. The van der Waals surface area contributed by atoms with Crippen molar-refractivity contribution >= 4 is 0 Å². The van der Waals surface area contributed by atoms with Gasteiger partial charge in [-0.15, -0.1) is 0 Å². The highest BCUT2D eigenvalue weighted by atomic mass is 16.5. The maximum absolute atomic E-state index is 6.25. The summed E-state index contributed by atoms with van der Waals surface area (Å²) < 4.78 is 5.79. The van der Waals surface area contributed by atoms with Crippen molar-refractivity contribution in [3.05, 3.63) is 30.1 Å². The van der Waals surface area contributed by atoms with E-state index in [0.29, 0.717) is 0 Å². The lowest BCUT2D eigenvalue weighted by molar-refractivity contribution is -0.0401. The summed E-state index contributed by atoms with van der Waals surface area (Å²) in [5.74, 6) is 0. The number of hydrogen-bond acceptors (Lipinski definition) is 4. The summed E-state index contributed by atoms with van der Waals surface area (Å²) in [4.78, 5) is 6.76. The summed E-state index contributed by atoms with van der Waals surface area (Å²) in [6.45, 7) is 6.11. The van der Waals surface area contributed by atoms with Crippen molar-refractivity contribution in [2.24, 2.45) is 5.73 Å². The van der Waals surface area contributed by atoms with E-state index < -0.39 is 0 Å². The van der Waals surface area contributed by atoms with Crippen molar-refractivity contribution in [3.8, 4) is 0 Å². The number of aromatic nitrogens is 1. The van der Waals surface area contributed by atoms with Crippen LogP contribution in [0.25, 0.3) is 0 Å². The van der Waals surface area contributed by atoms with Crippen LogP contribution in [0.5, 0.6) is 0 Å². The monoisotopic (exact) mass is 249 g/mol. The van der Waals surface area contributed by atoms with Crippen LogP contribution in [-0.4, -0.2) is 48.3 Å². The molecule has 2 heterocycles. The largest absolute Gasteiger partial charge is 0.374 e. The Labute approximate surface area is 109 Å². The molecule has 1 fully saturated rings. The summed E-state index contributed by atoms with van der Waals surface area (Å²) in [6, 6.07) is 5.97. The van der Waals surface area contributed by atoms with E-state index in [1.807, 2.05) is 24.4 Å². The zero-order chi connectivity index (χ0) is 12.8. The normalized spacial score (nSPS) is 22.9. The molecule has 18 heavy (non-hydrogen) atoms. The third kappa shape index (κ3) is 3.77. The Morgan fingerprint density at radius 2 is 2.44 bits per heavy atom. The van der Waals surface area contributed by atoms with Crippen LogP contribution < -0.4 is 5.73 Å². The maximum Gasteiger partial charge on any atom is 0.0856 e. The van der Waals surface area contributed by atoms with Gasteiger partial charge >= 0.3 is 0 Å². The van der Waals surface area contributed by atoms with Crippen molar-refractivity contribution in [3.63, 3.8) is 0 Å². The third-order valence-corrected chi connectivity index (χ3v) is 3.37. The first-order chi connectivity index (χ1) is 8.79. The molecule has 1 aliphatic rings. The summed E-state index contributed by atoms with van der Waals surface area (Å²) >= 11 is 0. The van der Waals surface area contributed by atoms with E-state index >= 15 is 0 Å². The summed E-state index contributed by atoms with van der Waals surface area (Å²) in [5, 5.41) is 0. The summed E-state index contributed by atoms with van der Waals surface area (Å²) in [7, 11) is 0. The van der Waals surface area contributed by atoms with Crippen LogP contribution in [0.1, 0.15) is 19.0 Å². The molecule has 0 spiro atoms. The fraction of sp³-hybridized carbons (Fsp3) is 0.643. The van der Waals surface area contributed by atoms with E-state index in [1.54, 1.807) is 0 Å². The predicted molar refractivity (Wildman–Crippen MR) is 72.4 cm³/mol. The second-order valence-electron chi connectivity index (χ2n) is 4.90. The topological polar surface area (TPSA) is 51.4 Å². The van der Waals surface area contributed by atoms with E-state index in [1.165, 1.54) is 6.42 Å². The molecule has 0 amide bonds. The zero-order valence-electron chi connectivity index (χ0n) is 11.1. The molecule has 1 aliphatic heterocycles. The lowest BCUT2D eigenvalue weighted by atomic mass is 10.0. The SMILES string of the molecule is CCCN1CCOC(C(N)Cc2ccccn2)C1. The van der Waals surface area contributed by atoms with Crippen LogP contribution in [0, 0.1) is 0 Å². The number of nitrogens with two attached hydrogens (primary N) is 1. The maximum atomic E-state index is 6.25. The van der Waals surface area contributed by atoms with E-state index in [4.69, 9.17) is 10.5 Å². The van der Waals surface area contributed by atoms with E-state index in [2.05, 4.69) is 16.8 Å². The third-order valence-electron chi connectivity index (χ3n) is 3.37. The predicted octanol–water partition coefficient (Wildman–Crippen LogP) is 1.06. The van der Waals surface area contributed by atoms with E-state index in [-0.39, 0.29) is 12.1 Å². The molecule has 1 aromatic rings. The molecular formula is C14H23N3O. The van der Waals surface area contributed by atoms with Gasteiger partial charge in [0, 0.05) is 37.4 Å². The fourth-order valence-electron chi connectivity index (χ4n) is 2.40. The molecule has 1 aromatic heterocycles. The standard InChI is InChI=1S/C14H23N3O/c1-2-7-17-8-9-18-14(11-17)13(15)10-12-5-3-4-6-16-12/h3-6,13-14H,2,7-11,15H2,1H3. The molecule has 0 saturated carbocycles. The van der Waals surface area contributed by atoms with Crippen molar-refractivity contribution in [2.75, 3.05) is 26.2 Å². The molecule has 1 saturated heterocycles. The van der Waals surface area contributed by atoms with Gasteiger partial charge in [0.1, 0.15) is 0 Å². The lowest BCUT2D eigenvalue weighted by Crippen LogP contribution is -2.51. The molecule has 0 aliphatic carbocycles. The van der Waals surface area contributed by atoms with E-state index in [9.17, 15) is 0 Å². The molecular weight excluding hydrogens is 226 g/mol. The first kappa shape index (κ1) is 13.5. The van der Waals surface area contributed by atoms with Gasteiger partial charge in [0.15, 0.2) is 0 Å². The Kier molecular flexibility index (Phi) is 5.11. The highest BCUT2D eigenvalue weighted by Gasteiger charge is 2.25. The van der Waals surface area contributed by atoms with E-state index in [0.717, 1.165) is 38.4 Å². The average molecular weight is 249 g/mol. The number of rotatable bonds is 5. The smallest absolute Gasteiger partial charge is 0.0856 e. The number of morpholine rings is 1. The Bertz CT molecular complexity index is 342. The highest BCUT2D eigenvalue weighted by molar-refractivity contribution is 5.06. The summed E-state index contributed by atoms with van der Waals surface area (Å²) in [5.41, 5.74) is 7.29. The van der Waals surface area contributed by atoms with Crippen LogP contribution in [-0.2, 0) is 11.2 Å². The van der Waals surface area contributed by atoms with Gasteiger partial charge in [-0.2, -0.15) is 0 Å². The molecule has 0 aromatic carbocycles. The van der Waals surface area contributed by atoms with Crippen LogP contribution >= 0.6 is 0 Å². The van der Waals surface area contributed by atoms with Gasteiger partial charge in [0.2, 0.25) is 0 Å². The molecule has 0 bridgehead atoms. The van der Waals surface area contributed by atoms with Gasteiger partial charge in [-0.3, -0.25) is 9.88 Å². The molecule has 2 N–H and O–H groups in total. The quantitative estimate of drug-likeness (QED) is 0.848. The molecule has 4 nitrogen and oxygen atoms in total. The highest BCUT2D eigenvalue weighted by Crippen LogP contribution is 2.11. The second-order valence-corrected chi connectivity index (χ2v) is 4.90. The van der Waals surface area contributed by atoms with Crippen LogP contribution in [0.2, 0.25) is 0 Å². The molecule has 4 heteroatoms. The van der Waals surface area contributed by atoms with Gasteiger partial charge in [0.25, 0.3) is 0 Å². The molecule has 100 valence electrons. The van der Waals surface area contributed by atoms with Crippen molar-refractivity contribution in [1.29, 1.82) is 0 Å². The Morgan fingerprint density at radius 3 is 3.17 bits per heavy atom. The fourth-order valence-corrected chi connectivity index (χ4v) is 2.40. The van der Waals surface area contributed by atoms with Crippen LogP contribution in [0.4, 0.5) is 0 Å². The molecule has 0 radical (unpaired) electrons. The van der Waals surface area contributed by atoms with Gasteiger partial charge in [-0.05, 0) is 25.1 Å². The minimum Gasteiger partial charge on any atom is -0.374 e. The van der Waals surface area contributed by atoms with Crippen molar-refractivity contribution < 1.29 is 4.74 Å². The van der Waals surface area contributed by atoms with Gasteiger partial charge in [0.05, 0.1) is 12.7 Å². The number of ether oxygens (including phenoxy) is 1. The average Bonchev–Trinajstić information content (AvgIpc) is 2.40. The molecule has 2 atom stereocenters. The number of hydrogen-bond donors (Lipinski definition) is 1. The molecule has 2 unspecified atom stereocenters. The van der Waals surface area contributed by atoms with Crippen LogP contribution in [0.3, 0.4) is 0 Å². The van der Waals surface area contributed by atoms with Crippen LogP contribution in [0.15, 0.2) is 24.4 Å². The molecule has 2 rings (SSSR count). The Balaban J connectivity index is 1.86. The van der Waals surface area contributed by atoms with Gasteiger partial charge in [-0.25, -0.2) is 0 Å². The van der Waals surface area contributed by atoms with Crippen molar-refractivity contribution in [2.45, 2.75) is 31.9 Å². The van der Waals surface area contributed by atoms with Gasteiger partial charge in [-0.1, -0.05) is 13.0 Å². The zero-order valence-corrected chi connectivity index (χ0v) is 11.1. The Morgan fingerprint density at radius 1 is 1.56 bits per heavy atom. The van der Waals surface area contributed by atoms with Gasteiger partial charge < -0.3 is 10.5 Å². The Hall–Kier alpha value is -0.970. The lowest BCUT2D eigenvalue weighted by Gasteiger charge is -2.35. The second kappa shape index (κ2) is 6.83. The first-order valence-corrected chi connectivity index (χ1v) is 6.79. The minimum absolute atomic E-state index is 0.0274. The van der Waals surface area contributed by atoms with Crippen molar-refractivity contribution in [1.82, 2.24) is 9.88 Å². The number of nitrogens with zero attached hydrogens (tertiary/aromatic N) is 2.